The van der Waals surface area contributed by atoms with Crippen LogP contribution in [-0.2, 0) is 4.74 Å². The van der Waals surface area contributed by atoms with Gasteiger partial charge in [-0.25, -0.2) is 0 Å². The highest BCUT2D eigenvalue weighted by Gasteiger charge is 2.24. The molecule has 4 nitrogen and oxygen atoms in total. The van der Waals surface area contributed by atoms with Crippen LogP contribution in [-0.4, -0.2) is 37.8 Å². The van der Waals surface area contributed by atoms with Crippen LogP contribution >= 0.6 is 0 Å². The van der Waals surface area contributed by atoms with Gasteiger partial charge >= 0.3 is 0 Å². The molecule has 2 rings (SSSR count). The zero-order chi connectivity index (χ0) is 12.8. The highest BCUT2D eigenvalue weighted by molar-refractivity contribution is 5.38. The Balaban J connectivity index is 2.23. The first kappa shape index (κ1) is 12.9. The number of morpholine rings is 1. The molecule has 4 heteroatoms. The molecule has 0 saturated carbocycles. The van der Waals surface area contributed by atoms with Crippen molar-refractivity contribution in [1.29, 1.82) is 5.26 Å². The Hall–Kier alpha value is -1.57. The highest BCUT2D eigenvalue weighted by Crippen LogP contribution is 2.29. The van der Waals surface area contributed by atoms with Gasteiger partial charge in [0, 0.05) is 18.7 Å². The minimum absolute atomic E-state index is 0.253. The fourth-order valence-electron chi connectivity index (χ4n) is 2.18. The van der Waals surface area contributed by atoms with Crippen LogP contribution in [0.3, 0.4) is 0 Å². The highest BCUT2D eigenvalue weighted by atomic mass is 16.5. The molecule has 0 radical (unpaired) electrons. The third-order valence-corrected chi connectivity index (χ3v) is 3.05. The van der Waals surface area contributed by atoms with Crippen molar-refractivity contribution in [2.45, 2.75) is 13.0 Å². The van der Waals surface area contributed by atoms with E-state index in [0.29, 0.717) is 19.8 Å². The molecule has 1 heterocycles. The van der Waals surface area contributed by atoms with Crippen molar-refractivity contribution in [2.75, 3.05) is 32.9 Å². The molecule has 18 heavy (non-hydrogen) atoms. The first-order chi connectivity index (χ1) is 8.86. The van der Waals surface area contributed by atoms with E-state index in [1.54, 1.807) is 0 Å². The van der Waals surface area contributed by atoms with E-state index >= 15 is 0 Å². The van der Waals surface area contributed by atoms with Crippen LogP contribution in [0.5, 0.6) is 5.75 Å². The van der Waals surface area contributed by atoms with Crippen LogP contribution in [0.15, 0.2) is 24.3 Å². The van der Waals surface area contributed by atoms with Crippen molar-refractivity contribution in [3.05, 3.63) is 29.8 Å². The number of hydrogen-bond donors (Lipinski definition) is 0. The summed E-state index contributed by atoms with van der Waals surface area (Å²) in [5, 5.41) is 9.44. The quantitative estimate of drug-likeness (QED) is 0.815. The van der Waals surface area contributed by atoms with Gasteiger partial charge in [0.05, 0.1) is 25.9 Å². The molecule has 1 saturated heterocycles. The number of rotatable bonds is 4. The monoisotopic (exact) mass is 246 g/mol. The fraction of sp³-hybridized carbons (Fsp3) is 0.500. The summed E-state index contributed by atoms with van der Waals surface area (Å²) in [7, 11) is 0. The molecule has 0 aromatic heterocycles. The average molecular weight is 246 g/mol. The van der Waals surface area contributed by atoms with Gasteiger partial charge in [-0.05, 0) is 13.0 Å². The predicted octanol–water partition coefficient (Wildman–Crippen LogP) is 1.98. The minimum atomic E-state index is -0.253. The van der Waals surface area contributed by atoms with Crippen LogP contribution in [0.4, 0.5) is 0 Å². The van der Waals surface area contributed by atoms with E-state index in [4.69, 9.17) is 9.47 Å². The molecule has 1 fully saturated rings. The Morgan fingerprint density at radius 2 is 2.11 bits per heavy atom. The number of hydrogen-bond acceptors (Lipinski definition) is 4. The molecule has 1 aliphatic rings. The van der Waals surface area contributed by atoms with Crippen LogP contribution in [0, 0.1) is 11.3 Å². The molecule has 96 valence electrons. The molecule has 1 unspecified atom stereocenters. The molecule has 0 spiro atoms. The van der Waals surface area contributed by atoms with E-state index < -0.39 is 0 Å². The second-order valence-electron chi connectivity index (χ2n) is 4.15. The predicted molar refractivity (Wildman–Crippen MR) is 68.4 cm³/mol. The molecule has 0 amide bonds. The van der Waals surface area contributed by atoms with Gasteiger partial charge in [-0.15, -0.1) is 0 Å². The third-order valence-electron chi connectivity index (χ3n) is 3.05. The van der Waals surface area contributed by atoms with Gasteiger partial charge in [-0.1, -0.05) is 18.2 Å². The van der Waals surface area contributed by atoms with Crippen molar-refractivity contribution in [3.63, 3.8) is 0 Å². The van der Waals surface area contributed by atoms with Crippen molar-refractivity contribution in [3.8, 4) is 11.8 Å². The summed E-state index contributed by atoms with van der Waals surface area (Å²) in [6.45, 7) is 5.52. The van der Waals surface area contributed by atoms with Gasteiger partial charge in [0.25, 0.3) is 0 Å². The van der Waals surface area contributed by atoms with Crippen molar-refractivity contribution >= 4 is 0 Å². The number of ether oxygens (including phenoxy) is 2. The maximum atomic E-state index is 9.44. The van der Waals surface area contributed by atoms with Crippen molar-refractivity contribution in [1.82, 2.24) is 4.90 Å². The summed E-state index contributed by atoms with van der Waals surface area (Å²) in [5.74, 6) is 0.804. The van der Waals surface area contributed by atoms with E-state index in [-0.39, 0.29) is 6.04 Å². The third kappa shape index (κ3) is 2.81. The van der Waals surface area contributed by atoms with Crippen LogP contribution in [0.25, 0.3) is 0 Å². The lowest BCUT2D eigenvalue weighted by molar-refractivity contribution is 0.0262. The molecule has 1 aliphatic heterocycles. The molecular formula is C14H18N2O2. The normalized spacial score (nSPS) is 18.0. The van der Waals surface area contributed by atoms with Gasteiger partial charge < -0.3 is 9.47 Å². The van der Waals surface area contributed by atoms with Gasteiger partial charge in [-0.2, -0.15) is 5.26 Å². The molecule has 0 aliphatic carbocycles. The van der Waals surface area contributed by atoms with Gasteiger partial charge in [0.2, 0.25) is 0 Å². The lowest BCUT2D eigenvalue weighted by atomic mass is 10.0. The largest absolute Gasteiger partial charge is 0.493 e. The minimum Gasteiger partial charge on any atom is -0.493 e. The Labute approximate surface area is 108 Å². The maximum absolute atomic E-state index is 9.44. The molecule has 0 N–H and O–H groups in total. The van der Waals surface area contributed by atoms with Crippen LogP contribution in [0.2, 0.25) is 0 Å². The Morgan fingerprint density at radius 1 is 1.39 bits per heavy atom. The average Bonchev–Trinajstić information content (AvgIpc) is 2.43. The van der Waals surface area contributed by atoms with E-state index in [0.717, 1.165) is 24.4 Å². The molecule has 1 aromatic carbocycles. The topological polar surface area (TPSA) is 45.5 Å². The summed E-state index contributed by atoms with van der Waals surface area (Å²) < 4.78 is 10.9. The number of benzene rings is 1. The fourth-order valence-corrected chi connectivity index (χ4v) is 2.18. The smallest absolute Gasteiger partial charge is 0.127 e. The summed E-state index contributed by atoms with van der Waals surface area (Å²) in [6, 6.07) is 9.89. The summed E-state index contributed by atoms with van der Waals surface area (Å²) in [6.07, 6.45) is 0. The van der Waals surface area contributed by atoms with E-state index in [1.165, 1.54) is 0 Å². The zero-order valence-electron chi connectivity index (χ0n) is 10.6. The molecule has 1 atom stereocenters. The second kappa shape index (κ2) is 6.39. The van der Waals surface area contributed by atoms with Crippen LogP contribution < -0.4 is 4.74 Å². The maximum Gasteiger partial charge on any atom is 0.127 e. The number of para-hydroxylation sites is 1. The summed E-state index contributed by atoms with van der Waals surface area (Å²) in [5.41, 5.74) is 0.948. The Bertz CT molecular complexity index is 422. The Kier molecular flexibility index (Phi) is 4.57. The second-order valence-corrected chi connectivity index (χ2v) is 4.15. The summed E-state index contributed by atoms with van der Waals surface area (Å²) >= 11 is 0. The van der Waals surface area contributed by atoms with Crippen LogP contribution in [0.1, 0.15) is 18.5 Å². The molecule has 1 aromatic rings. The number of nitriles is 1. The van der Waals surface area contributed by atoms with Crippen molar-refractivity contribution < 1.29 is 9.47 Å². The van der Waals surface area contributed by atoms with E-state index in [9.17, 15) is 5.26 Å². The lowest BCUT2D eigenvalue weighted by Gasteiger charge is -2.31. The first-order valence-electron chi connectivity index (χ1n) is 6.30. The number of nitrogens with zero attached hydrogens (tertiary/aromatic N) is 2. The van der Waals surface area contributed by atoms with Gasteiger partial charge in [-0.3, -0.25) is 4.90 Å². The van der Waals surface area contributed by atoms with E-state index in [1.807, 2.05) is 31.2 Å². The Morgan fingerprint density at radius 3 is 2.78 bits per heavy atom. The molecular weight excluding hydrogens is 228 g/mol. The zero-order valence-corrected chi connectivity index (χ0v) is 10.6. The lowest BCUT2D eigenvalue weighted by Crippen LogP contribution is -2.38. The first-order valence-corrected chi connectivity index (χ1v) is 6.30. The van der Waals surface area contributed by atoms with Gasteiger partial charge in [0.1, 0.15) is 11.8 Å². The van der Waals surface area contributed by atoms with E-state index in [2.05, 4.69) is 11.0 Å². The summed E-state index contributed by atoms with van der Waals surface area (Å²) in [4.78, 5) is 2.14. The standard InChI is InChI=1S/C14H18N2O2/c1-2-18-14-6-4-3-5-12(14)13(11-15)16-7-9-17-10-8-16/h3-6,13H,2,7-10H2,1H3. The van der Waals surface area contributed by atoms with Gasteiger partial charge in [0.15, 0.2) is 0 Å². The SMILES string of the molecule is CCOc1ccccc1C(C#N)N1CCOCC1. The van der Waals surface area contributed by atoms with Crippen molar-refractivity contribution in [2.24, 2.45) is 0 Å². The molecule has 0 bridgehead atoms.